The Balaban J connectivity index is 1.41. The molecule has 4 aliphatic carbocycles. The molecule has 162 valence electrons. The summed E-state index contributed by atoms with van der Waals surface area (Å²) in [6.07, 6.45) is 8.12. The normalized spacial score (nSPS) is 28.3. The molecule has 0 saturated heterocycles. The molecule has 5 heteroatoms. The molecule has 0 unspecified atom stereocenters. The highest BCUT2D eigenvalue weighted by Crippen LogP contribution is 2.61. The molecule has 4 nitrogen and oxygen atoms in total. The van der Waals surface area contributed by atoms with E-state index in [-0.39, 0.29) is 11.4 Å². The van der Waals surface area contributed by atoms with Crippen LogP contribution in [-0.2, 0) is 10.2 Å². The minimum Gasteiger partial charge on any atom is -0.496 e. The lowest BCUT2D eigenvalue weighted by molar-refractivity contribution is -0.00616. The molecule has 4 saturated carbocycles. The van der Waals surface area contributed by atoms with Gasteiger partial charge in [0.2, 0.25) is 0 Å². The lowest BCUT2D eigenvalue weighted by Gasteiger charge is -2.57. The first kappa shape index (κ1) is 20.5. The molecular formula is C26H29NO3S. The standard InChI is InChI=1S/C26H29NO3S/c1-29-23-8-5-20(24(31)27-21-6-3-19(4-7-21)25(28)30-2)12-22(23)26-13-16-9-17(14-26)11-18(10-16)15-26/h3-8,12,16-18H,9-11,13-15H2,1-2H3,(H,27,31). The smallest absolute Gasteiger partial charge is 0.337 e. The highest BCUT2D eigenvalue weighted by molar-refractivity contribution is 7.81. The fourth-order valence-corrected chi connectivity index (χ4v) is 6.96. The summed E-state index contributed by atoms with van der Waals surface area (Å²) in [6, 6.07) is 13.6. The van der Waals surface area contributed by atoms with E-state index in [1.165, 1.54) is 51.2 Å². The minimum atomic E-state index is -0.343. The second-order valence-corrected chi connectivity index (χ2v) is 10.0. The van der Waals surface area contributed by atoms with Gasteiger partial charge in [0.1, 0.15) is 10.7 Å². The molecule has 4 aliphatic rings. The van der Waals surface area contributed by atoms with Crippen molar-refractivity contribution >= 4 is 28.9 Å². The van der Waals surface area contributed by atoms with Gasteiger partial charge in [0.25, 0.3) is 0 Å². The van der Waals surface area contributed by atoms with E-state index in [0.29, 0.717) is 10.6 Å². The van der Waals surface area contributed by atoms with E-state index in [1.54, 1.807) is 19.2 Å². The van der Waals surface area contributed by atoms with E-state index in [2.05, 4.69) is 17.4 Å². The van der Waals surface area contributed by atoms with Gasteiger partial charge in [0.15, 0.2) is 0 Å². The summed E-state index contributed by atoms with van der Waals surface area (Å²) < 4.78 is 10.6. The number of nitrogens with one attached hydrogen (secondary N) is 1. The highest BCUT2D eigenvalue weighted by atomic mass is 32.1. The van der Waals surface area contributed by atoms with E-state index in [4.69, 9.17) is 21.7 Å². The van der Waals surface area contributed by atoms with Gasteiger partial charge in [-0.1, -0.05) is 12.2 Å². The van der Waals surface area contributed by atoms with Crippen LogP contribution in [0.2, 0.25) is 0 Å². The summed E-state index contributed by atoms with van der Waals surface area (Å²) in [5.74, 6) is 3.27. The lowest BCUT2D eigenvalue weighted by atomic mass is 9.48. The van der Waals surface area contributed by atoms with E-state index < -0.39 is 0 Å². The number of hydrogen-bond donors (Lipinski definition) is 1. The number of rotatable bonds is 5. The summed E-state index contributed by atoms with van der Waals surface area (Å²) in [5, 5.41) is 3.32. The summed E-state index contributed by atoms with van der Waals surface area (Å²) >= 11 is 5.75. The van der Waals surface area contributed by atoms with Crippen molar-refractivity contribution in [2.45, 2.75) is 43.9 Å². The summed E-state index contributed by atoms with van der Waals surface area (Å²) in [7, 11) is 3.16. The number of benzene rings is 2. The average molecular weight is 436 g/mol. The van der Waals surface area contributed by atoms with E-state index in [0.717, 1.165) is 34.8 Å². The Labute approximate surface area is 189 Å². The molecule has 0 amide bonds. The predicted octanol–water partition coefficient (Wildman–Crippen LogP) is 5.74. The van der Waals surface area contributed by atoms with Gasteiger partial charge >= 0.3 is 5.97 Å². The van der Waals surface area contributed by atoms with Crippen LogP contribution >= 0.6 is 12.2 Å². The van der Waals surface area contributed by atoms with Crippen LogP contribution in [0.5, 0.6) is 5.75 Å². The summed E-state index contributed by atoms with van der Waals surface area (Å²) in [5.41, 5.74) is 3.97. The first-order valence-corrected chi connectivity index (χ1v) is 11.6. The monoisotopic (exact) mass is 435 g/mol. The number of ether oxygens (including phenoxy) is 2. The van der Waals surface area contributed by atoms with Gasteiger partial charge in [-0.3, -0.25) is 0 Å². The van der Waals surface area contributed by atoms with Gasteiger partial charge in [-0.05, 0) is 104 Å². The number of thiocarbonyl (C=S) groups is 1. The summed E-state index contributed by atoms with van der Waals surface area (Å²) in [4.78, 5) is 12.3. The van der Waals surface area contributed by atoms with Crippen molar-refractivity contribution in [3.8, 4) is 5.75 Å². The third-order valence-electron chi connectivity index (χ3n) is 7.64. The molecule has 0 heterocycles. The van der Waals surface area contributed by atoms with Crippen molar-refractivity contribution in [3.63, 3.8) is 0 Å². The Morgan fingerprint density at radius 1 is 0.935 bits per heavy atom. The minimum absolute atomic E-state index is 0.244. The van der Waals surface area contributed by atoms with Crippen molar-refractivity contribution in [2.24, 2.45) is 17.8 Å². The van der Waals surface area contributed by atoms with Crippen LogP contribution in [0, 0.1) is 17.8 Å². The third-order valence-corrected chi connectivity index (χ3v) is 7.97. The van der Waals surface area contributed by atoms with Crippen molar-refractivity contribution in [1.29, 1.82) is 0 Å². The Morgan fingerprint density at radius 2 is 1.52 bits per heavy atom. The number of anilines is 1. The highest BCUT2D eigenvalue weighted by Gasteiger charge is 2.52. The van der Waals surface area contributed by atoms with Crippen LogP contribution in [0.25, 0.3) is 0 Å². The van der Waals surface area contributed by atoms with Crippen LogP contribution in [0.1, 0.15) is 60.0 Å². The Morgan fingerprint density at radius 3 is 2.06 bits per heavy atom. The van der Waals surface area contributed by atoms with Gasteiger partial charge in [-0.2, -0.15) is 0 Å². The number of carbonyl (C=O) groups is 1. The fraction of sp³-hybridized carbons (Fsp3) is 0.462. The fourth-order valence-electron chi connectivity index (χ4n) is 6.71. The van der Waals surface area contributed by atoms with E-state index >= 15 is 0 Å². The van der Waals surface area contributed by atoms with Crippen LogP contribution < -0.4 is 10.1 Å². The van der Waals surface area contributed by atoms with Crippen molar-refractivity contribution in [2.75, 3.05) is 19.5 Å². The molecule has 1 N–H and O–H groups in total. The van der Waals surface area contributed by atoms with Gasteiger partial charge in [-0.25, -0.2) is 4.79 Å². The largest absolute Gasteiger partial charge is 0.496 e. The molecule has 0 aliphatic heterocycles. The van der Waals surface area contributed by atoms with Crippen LogP contribution in [0.4, 0.5) is 5.69 Å². The van der Waals surface area contributed by atoms with Crippen LogP contribution in [0.15, 0.2) is 42.5 Å². The molecule has 0 aromatic heterocycles. The first-order chi connectivity index (χ1) is 15.0. The Kier molecular flexibility index (Phi) is 5.25. The van der Waals surface area contributed by atoms with Crippen molar-refractivity contribution in [3.05, 3.63) is 59.2 Å². The topological polar surface area (TPSA) is 47.6 Å². The maximum atomic E-state index is 11.6. The zero-order valence-electron chi connectivity index (χ0n) is 18.1. The van der Waals surface area contributed by atoms with E-state index in [9.17, 15) is 4.79 Å². The summed E-state index contributed by atoms with van der Waals surface area (Å²) in [6.45, 7) is 0. The second-order valence-electron chi connectivity index (χ2n) is 9.64. The molecule has 6 rings (SSSR count). The molecule has 0 radical (unpaired) electrons. The predicted molar refractivity (Wildman–Crippen MR) is 126 cm³/mol. The van der Waals surface area contributed by atoms with Crippen molar-refractivity contribution in [1.82, 2.24) is 0 Å². The molecule has 2 aromatic carbocycles. The molecular weight excluding hydrogens is 406 g/mol. The van der Waals surface area contributed by atoms with Gasteiger partial charge < -0.3 is 14.8 Å². The van der Waals surface area contributed by atoms with Crippen molar-refractivity contribution < 1.29 is 14.3 Å². The van der Waals surface area contributed by atoms with Gasteiger partial charge in [-0.15, -0.1) is 0 Å². The molecule has 4 fully saturated rings. The molecule has 0 spiro atoms. The molecule has 2 aromatic rings. The Bertz CT molecular complexity index is 979. The maximum Gasteiger partial charge on any atom is 0.337 e. The molecule has 31 heavy (non-hydrogen) atoms. The first-order valence-electron chi connectivity index (χ1n) is 11.2. The second kappa shape index (κ2) is 7.94. The number of methoxy groups -OCH3 is 2. The van der Waals surface area contributed by atoms with Gasteiger partial charge in [0.05, 0.1) is 19.8 Å². The van der Waals surface area contributed by atoms with E-state index in [1.807, 2.05) is 18.2 Å². The zero-order valence-corrected chi connectivity index (χ0v) is 19.0. The zero-order chi connectivity index (χ0) is 21.6. The van der Waals surface area contributed by atoms with Crippen LogP contribution in [-0.4, -0.2) is 25.2 Å². The average Bonchev–Trinajstić information content (AvgIpc) is 2.77. The maximum absolute atomic E-state index is 11.6. The number of esters is 1. The molecule has 4 bridgehead atoms. The quantitative estimate of drug-likeness (QED) is 0.480. The molecule has 0 atom stereocenters. The number of hydrogen-bond acceptors (Lipinski definition) is 4. The number of carbonyl (C=O) groups excluding carboxylic acids is 1. The lowest BCUT2D eigenvalue weighted by Crippen LogP contribution is -2.48. The van der Waals surface area contributed by atoms with Crippen LogP contribution in [0.3, 0.4) is 0 Å². The Hall–Kier alpha value is -2.40. The SMILES string of the molecule is COC(=O)c1ccc(NC(=S)c2ccc(OC)c(C34CC5CC(CC(C5)C3)C4)c2)cc1. The van der Waals surface area contributed by atoms with Gasteiger partial charge in [0, 0.05) is 16.8 Å². The third kappa shape index (κ3) is 3.73.